The molecule has 0 aromatic rings. The number of hydrogen-bond acceptors (Lipinski definition) is 5. The summed E-state index contributed by atoms with van der Waals surface area (Å²) in [6, 6.07) is 0. The van der Waals surface area contributed by atoms with E-state index in [4.69, 9.17) is 4.74 Å². The van der Waals surface area contributed by atoms with E-state index in [1.165, 1.54) is 0 Å². The molecule has 0 saturated carbocycles. The van der Waals surface area contributed by atoms with Crippen LogP contribution in [0, 0.1) is 0 Å². The van der Waals surface area contributed by atoms with Gasteiger partial charge >= 0.3 is 5.97 Å². The monoisotopic (exact) mass is 294 g/mol. The Balaban J connectivity index is 2.46. The zero-order chi connectivity index (χ0) is 15.9. The Hall–Kier alpha value is -1.46. The molecule has 0 bridgehead atoms. The van der Waals surface area contributed by atoms with E-state index in [1.807, 2.05) is 26.2 Å². The van der Waals surface area contributed by atoms with E-state index in [0.29, 0.717) is 12.0 Å². The first-order valence-electron chi connectivity index (χ1n) is 7.23. The normalized spacial score (nSPS) is 21.8. The molecule has 5 nitrogen and oxygen atoms in total. The summed E-state index contributed by atoms with van der Waals surface area (Å²) in [6.45, 7) is 6.05. The summed E-state index contributed by atoms with van der Waals surface area (Å²) in [4.78, 5) is 17.9. The molecule has 1 rings (SSSR count). The van der Waals surface area contributed by atoms with E-state index < -0.39 is 12.1 Å². The molecule has 0 fully saturated rings. The second kappa shape index (κ2) is 8.10. The van der Waals surface area contributed by atoms with E-state index in [2.05, 4.69) is 16.5 Å². The van der Waals surface area contributed by atoms with Crippen LogP contribution in [0.2, 0.25) is 0 Å². The number of carbonyl (C=O) groups is 1. The van der Waals surface area contributed by atoms with Crippen LogP contribution in [0.4, 0.5) is 0 Å². The average molecular weight is 294 g/mol. The fraction of sp³-hybridized carbons (Fsp3) is 0.625. The van der Waals surface area contributed by atoms with E-state index >= 15 is 0 Å². The van der Waals surface area contributed by atoms with Crippen LogP contribution in [0.25, 0.3) is 0 Å². The Morgan fingerprint density at radius 1 is 1.52 bits per heavy atom. The second-order valence-electron chi connectivity index (χ2n) is 5.88. The molecule has 1 aliphatic heterocycles. The van der Waals surface area contributed by atoms with Crippen LogP contribution in [0.15, 0.2) is 29.3 Å². The highest BCUT2D eigenvalue weighted by Crippen LogP contribution is 2.29. The number of aliphatic imine (C=N–C) groups is 1. The van der Waals surface area contributed by atoms with Crippen molar-refractivity contribution in [2.45, 2.75) is 37.8 Å². The molecule has 0 radical (unpaired) electrons. The third-order valence-electron chi connectivity index (χ3n) is 3.38. The maximum absolute atomic E-state index is 11.3. The number of rotatable bonds is 9. The first-order chi connectivity index (χ1) is 9.84. The molecule has 0 saturated heterocycles. The number of ether oxygens (including phenoxy) is 1. The third kappa shape index (κ3) is 6.23. The molecular weight excluding hydrogens is 268 g/mol. The van der Waals surface area contributed by atoms with Crippen LogP contribution in [0.1, 0.15) is 26.2 Å². The van der Waals surface area contributed by atoms with Crippen LogP contribution in [-0.2, 0) is 9.53 Å². The van der Waals surface area contributed by atoms with Gasteiger partial charge in [-0.25, -0.2) is 4.79 Å². The van der Waals surface area contributed by atoms with Gasteiger partial charge in [-0.2, -0.15) is 0 Å². The van der Waals surface area contributed by atoms with Gasteiger partial charge in [0, 0.05) is 18.2 Å². The Morgan fingerprint density at radius 3 is 2.76 bits per heavy atom. The Labute approximate surface area is 127 Å². The molecule has 1 heterocycles. The van der Waals surface area contributed by atoms with E-state index in [-0.39, 0.29) is 12.1 Å². The SMILES string of the molecule is C=C(C)C(=O)OCC(O)CC1(CCCN(C)C)C=CC=N1. The zero-order valence-electron chi connectivity index (χ0n) is 13.2. The number of aliphatic hydroxyl groups is 1. The maximum atomic E-state index is 11.3. The summed E-state index contributed by atoms with van der Waals surface area (Å²) in [5.41, 5.74) is -0.0351. The van der Waals surface area contributed by atoms with Gasteiger partial charge in [-0.15, -0.1) is 0 Å². The number of esters is 1. The lowest BCUT2D eigenvalue weighted by Gasteiger charge is -2.27. The summed E-state index contributed by atoms with van der Waals surface area (Å²) in [6.07, 6.45) is 7.28. The van der Waals surface area contributed by atoms with Crippen LogP contribution in [0.3, 0.4) is 0 Å². The maximum Gasteiger partial charge on any atom is 0.333 e. The summed E-state index contributed by atoms with van der Waals surface area (Å²) in [7, 11) is 4.07. The van der Waals surface area contributed by atoms with E-state index in [0.717, 1.165) is 19.4 Å². The number of allylic oxidation sites excluding steroid dienone is 1. The van der Waals surface area contributed by atoms with Crippen LogP contribution >= 0.6 is 0 Å². The van der Waals surface area contributed by atoms with Gasteiger partial charge < -0.3 is 14.7 Å². The van der Waals surface area contributed by atoms with Gasteiger partial charge in [-0.1, -0.05) is 12.7 Å². The van der Waals surface area contributed by atoms with Crippen molar-refractivity contribution in [3.63, 3.8) is 0 Å². The van der Waals surface area contributed by atoms with Crippen molar-refractivity contribution < 1.29 is 14.6 Å². The van der Waals surface area contributed by atoms with Gasteiger partial charge in [0.15, 0.2) is 0 Å². The predicted molar refractivity (Wildman–Crippen MR) is 84.5 cm³/mol. The molecule has 1 aliphatic rings. The lowest BCUT2D eigenvalue weighted by atomic mass is 9.88. The zero-order valence-corrected chi connectivity index (χ0v) is 13.2. The molecule has 0 amide bonds. The second-order valence-corrected chi connectivity index (χ2v) is 5.88. The molecule has 1 N–H and O–H groups in total. The van der Waals surface area contributed by atoms with Crippen molar-refractivity contribution >= 4 is 12.2 Å². The first kappa shape index (κ1) is 17.6. The van der Waals surface area contributed by atoms with Gasteiger partial charge in [-0.05, 0) is 46.5 Å². The van der Waals surface area contributed by atoms with Gasteiger partial charge in [0.2, 0.25) is 0 Å². The topological polar surface area (TPSA) is 62.1 Å². The van der Waals surface area contributed by atoms with Gasteiger partial charge in [0.25, 0.3) is 0 Å². The van der Waals surface area contributed by atoms with Crippen LogP contribution in [0.5, 0.6) is 0 Å². The minimum Gasteiger partial charge on any atom is -0.460 e. The molecule has 0 aromatic carbocycles. The van der Waals surface area contributed by atoms with Crippen molar-refractivity contribution in [1.29, 1.82) is 0 Å². The quantitative estimate of drug-likeness (QED) is 0.518. The fourth-order valence-electron chi connectivity index (χ4n) is 2.29. The Kier molecular flexibility index (Phi) is 6.78. The minimum atomic E-state index is -0.729. The van der Waals surface area contributed by atoms with E-state index in [9.17, 15) is 9.90 Å². The lowest BCUT2D eigenvalue weighted by molar-refractivity contribution is -0.142. The molecule has 2 atom stereocenters. The molecule has 0 aliphatic carbocycles. The number of carbonyl (C=O) groups excluding carboxylic acids is 1. The van der Waals surface area contributed by atoms with Crippen LogP contribution in [-0.4, -0.2) is 61.1 Å². The fourth-order valence-corrected chi connectivity index (χ4v) is 2.29. The number of hydrogen-bond donors (Lipinski definition) is 1. The first-order valence-corrected chi connectivity index (χ1v) is 7.23. The summed E-state index contributed by atoms with van der Waals surface area (Å²) in [5, 5.41) is 10.1. The van der Waals surface area contributed by atoms with Crippen LogP contribution < -0.4 is 0 Å². The molecule has 21 heavy (non-hydrogen) atoms. The van der Waals surface area contributed by atoms with Crippen molar-refractivity contribution in [2.75, 3.05) is 27.2 Å². The Bertz CT molecular complexity index is 415. The summed E-state index contributed by atoms with van der Waals surface area (Å²) in [5.74, 6) is -0.471. The summed E-state index contributed by atoms with van der Waals surface area (Å²) >= 11 is 0. The van der Waals surface area contributed by atoms with Crippen molar-refractivity contribution in [3.8, 4) is 0 Å². The van der Waals surface area contributed by atoms with Crippen molar-refractivity contribution in [1.82, 2.24) is 4.90 Å². The van der Waals surface area contributed by atoms with Crippen molar-refractivity contribution in [2.24, 2.45) is 4.99 Å². The smallest absolute Gasteiger partial charge is 0.333 e. The van der Waals surface area contributed by atoms with E-state index in [1.54, 1.807) is 13.1 Å². The summed E-state index contributed by atoms with van der Waals surface area (Å²) < 4.78 is 4.99. The van der Waals surface area contributed by atoms with Crippen molar-refractivity contribution in [3.05, 3.63) is 24.3 Å². The highest BCUT2D eigenvalue weighted by atomic mass is 16.5. The highest BCUT2D eigenvalue weighted by molar-refractivity contribution is 5.86. The van der Waals surface area contributed by atoms with Gasteiger partial charge in [0.05, 0.1) is 11.6 Å². The number of nitrogens with zero attached hydrogens (tertiary/aromatic N) is 2. The predicted octanol–water partition coefficient (Wildman–Crippen LogP) is 1.58. The molecular formula is C16H26N2O3. The lowest BCUT2D eigenvalue weighted by Crippen LogP contribution is -2.32. The van der Waals surface area contributed by atoms with Gasteiger partial charge in [-0.3, -0.25) is 4.99 Å². The Morgan fingerprint density at radius 2 is 2.24 bits per heavy atom. The van der Waals surface area contributed by atoms with Gasteiger partial charge in [0.1, 0.15) is 6.61 Å². The largest absolute Gasteiger partial charge is 0.460 e. The molecule has 0 aromatic heterocycles. The molecule has 0 spiro atoms. The average Bonchev–Trinajstić information content (AvgIpc) is 2.83. The minimum absolute atomic E-state index is 0.0233. The standard InChI is InChI=1S/C16H26N2O3/c1-13(2)15(20)21-12-14(19)11-16(7-5-9-17-16)8-6-10-18(3)4/h5,7,9,14,19H,1,6,8,10-12H2,2-4H3. The highest BCUT2D eigenvalue weighted by Gasteiger charge is 2.30. The molecule has 2 unspecified atom stereocenters. The third-order valence-corrected chi connectivity index (χ3v) is 3.38. The molecule has 118 valence electrons. The molecule has 5 heteroatoms. The number of aliphatic hydroxyl groups excluding tert-OH is 1.